The molecule has 3 N–H and O–H groups in total. The number of anilines is 1. The molecular weight excluding hydrogens is 683 g/mol. The fourth-order valence-electron chi connectivity index (χ4n) is 8.02. The highest BCUT2D eigenvalue weighted by atomic mass is 16.2. The summed E-state index contributed by atoms with van der Waals surface area (Å²) < 4.78 is 4.98. The molecule has 13 heteroatoms. The third kappa shape index (κ3) is 6.58. The number of carbonyl (C=O) groups is 3. The predicted octanol–water partition coefficient (Wildman–Crippen LogP) is 5.48. The second-order valence-corrected chi connectivity index (χ2v) is 14.5. The Kier molecular flexibility index (Phi) is 9.37. The van der Waals surface area contributed by atoms with Crippen molar-refractivity contribution in [2.45, 2.75) is 76.9 Å². The Balaban J connectivity index is 0.889. The number of nitrogens with one attached hydrogen (secondary N) is 3. The van der Waals surface area contributed by atoms with Gasteiger partial charge in [-0.1, -0.05) is 30.4 Å². The molecule has 4 aromatic heterocycles. The molecule has 8 rings (SSSR count). The summed E-state index contributed by atoms with van der Waals surface area (Å²) in [5, 5.41) is 12.1. The standard InChI is InChI=1S/C41H43N9O4/c1-25-29-16-15-27(39(52)44-36-23-30-28(24-42-36)21-31(43-30)32-14-10-19-47(32)2)22-35(29)49(46-25)20-8-6-4-5-7-11-26-12-9-13-33-38(26)48(3)41(54)50(33)34-17-18-37(51)45-40(34)53/h9,12-13,15-16,21-24,32,34,43H,4-6,8,10,14,17-20H2,1-3H3,(H,42,44,52)(H,45,51,53)/t32-,34?/m1/s1. The van der Waals surface area contributed by atoms with Crippen LogP contribution in [0.5, 0.6) is 0 Å². The molecule has 2 atom stereocenters. The Hall–Kier alpha value is -6.00. The van der Waals surface area contributed by atoms with Gasteiger partial charge in [-0.25, -0.2) is 9.78 Å². The minimum Gasteiger partial charge on any atom is -0.357 e. The van der Waals surface area contributed by atoms with E-state index >= 15 is 0 Å². The van der Waals surface area contributed by atoms with Crippen molar-refractivity contribution in [3.8, 4) is 11.8 Å². The number of aromatic nitrogens is 6. The zero-order valence-corrected chi connectivity index (χ0v) is 30.7. The fourth-order valence-corrected chi connectivity index (χ4v) is 8.02. The van der Waals surface area contributed by atoms with Gasteiger partial charge in [-0.05, 0) is 83.0 Å². The van der Waals surface area contributed by atoms with Crippen LogP contribution < -0.4 is 16.3 Å². The zero-order valence-electron chi connectivity index (χ0n) is 30.7. The van der Waals surface area contributed by atoms with E-state index < -0.39 is 11.9 Å². The normalized spacial score (nSPS) is 17.7. The lowest BCUT2D eigenvalue weighted by Gasteiger charge is -2.21. The molecule has 0 radical (unpaired) electrons. The van der Waals surface area contributed by atoms with Gasteiger partial charge in [0.1, 0.15) is 11.9 Å². The van der Waals surface area contributed by atoms with Crippen molar-refractivity contribution in [3.63, 3.8) is 0 Å². The third-order valence-electron chi connectivity index (χ3n) is 10.9. The summed E-state index contributed by atoms with van der Waals surface area (Å²) in [6, 6.07) is 14.9. The minimum atomic E-state index is -0.734. The molecule has 6 aromatic rings. The van der Waals surface area contributed by atoms with E-state index in [1.165, 1.54) is 21.2 Å². The molecule has 2 aliphatic rings. The molecule has 54 heavy (non-hydrogen) atoms. The van der Waals surface area contributed by atoms with Crippen LogP contribution in [0.4, 0.5) is 5.82 Å². The molecule has 13 nitrogen and oxygen atoms in total. The number of imide groups is 1. The second-order valence-electron chi connectivity index (χ2n) is 14.5. The number of aromatic amines is 1. The van der Waals surface area contributed by atoms with Gasteiger partial charge in [0.2, 0.25) is 11.8 Å². The third-order valence-corrected chi connectivity index (χ3v) is 10.9. The van der Waals surface area contributed by atoms with Crippen LogP contribution in [0.1, 0.15) is 90.8 Å². The van der Waals surface area contributed by atoms with Crippen LogP contribution in [-0.2, 0) is 23.2 Å². The molecule has 0 spiro atoms. The van der Waals surface area contributed by atoms with Gasteiger partial charge in [-0.3, -0.25) is 38.4 Å². The van der Waals surface area contributed by atoms with E-state index in [9.17, 15) is 19.2 Å². The van der Waals surface area contributed by atoms with Gasteiger partial charge < -0.3 is 10.3 Å². The molecule has 0 saturated carbocycles. The first kappa shape index (κ1) is 35.1. The number of fused-ring (bicyclic) bond motifs is 3. The number of aryl methyl sites for hydroxylation is 3. The number of hydrogen-bond donors (Lipinski definition) is 3. The van der Waals surface area contributed by atoms with E-state index in [0.717, 1.165) is 65.3 Å². The Labute approximate surface area is 311 Å². The van der Waals surface area contributed by atoms with Crippen LogP contribution in [0.15, 0.2) is 59.5 Å². The van der Waals surface area contributed by atoms with Gasteiger partial charge >= 0.3 is 5.69 Å². The van der Waals surface area contributed by atoms with Crippen LogP contribution in [0.3, 0.4) is 0 Å². The van der Waals surface area contributed by atoms with Gasteiger partial charge in [0, 0.05) is 66.8 Å². The van der Waals surface area contributed by atoms with Crippen molar-refractivity contribution in [2.24, 2.45) is 7.05 Å². The summed E-state index contributed by atoms with van der Waals surface area (Å²) in [6.45, 7) is 3.79. The number of piperidine rings is 1. The Morgan fingerprint density at radius 2 is 1.87 bits per heavy atom. The first-order valence-electron chi connectivity index (χ1n) is 18.7. The van der Waals surface area contributed by atoms with Gasteiger partial charge in [0.25, 0.3) is 5.91 Å². The van der Waals surface area contributed by atoms with Crippen LogP contribution in [0.25, 0.3) is 32.8 Å². The predicted molar refractivity (Wildman–Crippen MR) is 207 cm³/mol. The highest BCUT2D eigenvalue weighted by molar-refractivity contribution is 6.06. The topological polar surface area (TPSA) is 152 Å². The molecule has 0 aliphatic carbocycles. The minimum absolute atomic E-state index is 0.192. The summed E-state index contributed by atoms with van der Waals surface area (Å²) in [5.74, 6) is 6.01. The van der Waals surface area contributed by atoms with Gasteiger partial charge in [-0.2, -0.15) is 5.10 Å². The number of benzene rings is 2. The van der Waals surface area contributed by atoms with Gasteiger partial charge in [0.15, 0.2) is 0 Å². The van der Waals surface area contributed by atoms with Crippen molar-refractivity contribution < 1.29 is 14.4 Å². The largest absolute Gasteiger partial charge is 0.357 e. The van der Waals surface area contributed by atoms with Crippen LogP contribution in [0, 0.1) is 18.8 Å². The van der Waals surface area contributed by atoms with Crippen molar-refractivity contribution in [3.05, 3.63) is 87.7 Å². The Morgan fingerprint density at radius 1 is 1.00 bits per heavy atom. The molecular formula is C41H43N9O4. The van der Waals surface area contributed by atoms with E-state index in [1.54, 1.807) is 13.2 Å². The maximum absolute atomic E-state index is 13.4. The van der Waals surface area contributed by atoms with E-state index in [-0.39, 0.29) is 30.3 Å². The fraction of sp³-hybridized carbons (Fsp3) is 0.366. The number of amides is 3. The molecule has 1 unspecified atom stereocenters. The van der Waals surface area contributed by atoms with Crippen LogP contribution in [-0.4, -0.2) is 65.1 Å². The highest BCUT2D eigenvalue weighted by Crippen LogP contribution is 2.32. The molecule has 2 aromatic carbocycles. The smallest absolute Gasteiger partial charge is 0.329 e. The molecule has 6 heterocycles. The quantitative estimate of drug-likeness (QED) is 0.101. The van der Waals surface area contributed by atoms with E-state index in [4.69, 9.17) is 5.10 Å². The average Bonchev–Trinajstić information content (AvgIpc) is 3.92. The number of likely N-dealkylation sites (tertiary alicyclic amines) is 1. The number of pyridine rings is 1. The number of rotatable bonds is 9. The van der Waals surface area contributed by atoms with Crippen LogP contribution >= 0.6 is 0 Å². The molecule has 276 valence electrons. The number of hydrogen-bond acceptors (Lipinski definition) is 7. The summed E-state index contributed by atoms with van der Waals surface area (Å²) in [7, 11) is 3.83. The monoisotopic (exact) mass is 725 g/mol. The van der Waals surface area contributed by atoms with Crippen molar-refractivity contribution in [2.75, 3.05) is 18.9 Å². The summed E-state index contributed by atoms with van der Waals surface area (Å²) in [4.78, 5) is 61.3. The molecule has 2 saturated heterocycles. The molecule has 3 amide bonds. The summed E-state index contributed by atoms with van der Waals surface area (Å²) >= 11 is 0. The van der Waals surface area contributed by atoms with Crippen molar-refractivity contribution >= 4 is 56.4 Å². The first-order chi connectivity index (χ1) is 26.2. The Bertz CT molecular complexity index is 2580. The maximum Gasteiger partial charge on any atom is 0.329 e. The van der Waals surface area contributed by atoms with E-state index in [2.05, 4.69) is 50.5 Å². The second kappa shape index (κ2) is 14.4. The number of H-pyrrole nitrogens is 1. The summed E-state index contributed by atoms with van der Waals surface area (Å²) in [5.41, 5.74) is 6.23. The van der Waals surface area contributed by atoms with Gasteiger partial charge in [-0.15, -0.1) is 0 Å². The number of carbonyl (C=O) groups excluding carboxylic acids is 3. The number of nitrogens with zero attached hydrogens (tertiary/aromatic N) is 6. The molecule has 0 bridgehead atoms. The first-order valence-corrected chi connectivity index (χ1v) is 18.7. The lowest BCUT2D eigenvalue weighted by Crippen LogP contribution is -2.44. The van der Waals surface area contributed by atoms with Crippen LogP contribution in [0.2, 0.25) is 0 Å². The number of unbranched alkanes of at least 4 members (excludes halogenated alkanes) is 3. The van der Waals surface area contributed by atoms with Gasteiger partial charge in [0.05, 0.1) is 33.3 Å². The lowest BCUT2D eigenvalue weighted by molar-refractivity contribution is -0.135. The number of imidazole rings is 1. The average molecular weight is 726 g/mol. The highest BCUT2D eigenvalue weighted by Gasteiger charge is 2.31. The van der Waals surface area contributed by atoms with Crippen molar-refractivity contribution in [1.82, 2.24) is 39.1 Å². The lowest BCUT2D eigenvalue weighted by atomic mass is 10.1. The SMILES string of the molecule is Cc1nn(CCCCCC#Cc2cccc3c2n(C)c(=O)n3C2CCC(=O)NC2=O)c2cc(C(=O)Nc3cc4[nH]c([C@H]5CCCN5C)cc4cn3)ccc12. The maximum atomic E-state index is 13.4. The zero-order chi connectivity index (χ0) is 37.5. The van der Waals surface area contributed by atoms with E-state index in [1.807, 2.05) is 54.1 Å². The van der Waals surface area contributed by atoms with E-state index in [0.29, 0.717) is 41.4 Å². The summed E-state index contributed by atoms with van der Waals surface area (Å²) in [6.07, 6.45) is 8.01. The molecule has 2 fully saturated rings. The van der Waals surface area contributed by atoms with Crippen molar-refractivity contribution in [1.29, 1.82) is 0 Å². The molecule has 2 aliphatic heterocycles. The number of para-hydroxylation sites is 1. The Morgan fingerprint density at radius 3 is 2.69 bits per heavy atom.